The van der Waals surface area contributed by atoms with E-state index in [-0.39, 0.29) is 12.5 Å². The van der Waals surface area contributed by atoms with Crippen LogP contribution in [0, 0.1) is 6.92 Å². The first-order valence-corrected chi connectivity index (χ1v) is 9.70. The van der Waals surface area contributed by atoms with Crippen molar-refractivity contribution < 1.29 is 18.8 Å². The van der Waals surface area contributed by atoms with Gasteiger partial charge in [0, 0.05) is 11.3 Å². The fourth-order valence-electron chi connectivity index (χ4n) is 2.99. The molecule has 156 valence electrons. The molecular weight excluding hydrogens is 394 g/mol. The molecule has 31 heavy (non-hydrogen) atoms. The fraction of sp³-hybridized carbons (Fsp3) is 0.125. The van der Waals surface area contributed by atoms with Crippen molar-refractivity contribution in [3.8, 4) is 22.9 Å². The maximum absolute atomic E-state index is 12.8. The van der Waals surface area contributed by atoms with Crippen LogP contribution in [0.2, 0.25) is 0 Å². The zero-order valence-corrected chi connectivity index (χ0v) is 17.2. The van der Waals surface area contributed by atoms with Crippen LogP contribution in [-0.2, 0) is 6.61 Å². The number of benzene rings is 3. The Morgan fingerprint density at radius 1 is 1.00 bits per heavy atom. The standard InChI is InChI=1S/C24H21N3O4/c1-16-7-3-5-9-20(16)25-24(28)19-8-4-6-10-21(19)30-15-22-26-23(27-31-22)17-11-13-18(29-2)14-12-17/h3-14H,15H2,1-2H3,(H,25,28). The van der Waals surface area contributed by atoms with Crippen LogP contribution in [0.25, 0.3) is 11.4 Å². The third-order valence-electron chi connectivity index (χ3n) is 4.69. The third kappa shape index (κ3) is 4.72. The lowest BCUT2D eigenvalue weighted by Crippen LogP contribution is -2.14. The van der Waals surface area contributed by atoms with E-state index < -0.39 is 0 Å². The molecule has 0 unspecified atom stereocenters. The lowest BCUT2D eigenvalue weighted by molar-refractivity contribution is 0.102. The van der Waals surface area contributed by atoms with Gasteiger partial charge in [0.05, 0.1) is 12.7 Å². The molecule has 0 aliphatic rings. The minimum Gasteiger partial charge on any atom is -0.497 e. The van der Waals surface area contributed by atoms with E-state index in [0.29, 0.717) is 23.0 Å². The van der Waals surface area contributed by atoms with Gasteiger partial charge in [0.25, 0.3) is 11.8 Å². The summed E-state index contributed by atoms with van der Waals surface area (Å²) in [5.74, 6) is 1.68. The van der Waals surface area contributed by atoms with Crippen molar-refractivity contribution in [3.05, 3.63) is 89.8 Å². The maximum Gasteiger partial charge on any atom is 0.264 e. The van der Waals surface area contributed by atoms with Crippen molar-refractivity contribution in [2.24, 2.45) is 0 Å². The number of para-hydroxylation sites is 2. The van der Waals surface area contributed by atoms with Crippen LogP contribution in [0.5, 0.6) is 11.5 Å². The van der Waals surface area contributed by atoms with E-state index in [9.17, 15) is 4.79 Å². The number of hydrogen-bond donors (Lipinski definition) is 1. The molecule has 0 radical (unpaired) electrons. The molecule has 0 spiro atoms. The molecule has 1 amide bonds. The molecule has 0 saturated heterocycles. The summed E-state index contributed by atoms with van der Waals surface area (Å²) in [6, 6.07) is 22.0. The van der Waals surface area contributed by atoms with E-state index in [1.165, 1.54) is 0 Å². The van der Waals surface area contributed by atoms with Crippen LogP contribution in [0.4, 0.5) is 5.69 Å². The van der Waals surface area contributed by atoms with E-state index in [4.69, 9.17) is 14.0 Å². The number of carbonyl (C=O) groups excluding carboxylic acids is 1. The number of rotatable bonds is 7. The number of aromatic nitrogens is 2. The van der Waals surface area contributed by atoms with Crippen molar-refractivity contribution >= 4 is 11.6 Å². The van der Waals surface area contributed by atoms with Crippen molar-refractivity contribution in [2.45, 2.75) is 13.5 Å². The molecule has 7 nitrogen and oxygen atoms in total. The predicted molar refractivity (Wildman–Crippen MR) is 116 cm³/mol. The smallest absolute Gasteiger partial charge is 0.264 e. The summed E-state index contributed by atoms with van der Waals surface area (Å²) < 4.78 is 16.3. The van der Waals surface area contributed by atoms with E-state index in [1.54, 1.807) is 31.4 Å². The van der Waals surface area contributed by atoms with Gasteiger partial charge in [-0.2, -0.15) is 4.98 Å². The van der Waals surface area contributed by atoms with Crippen LogP contribution in [0.1, 0.15) is 21.8 Å². The Bertz CT molecular complexity index is 1190. The van der Waals surface area contributed by atoms with Gasteiger partial charge in [0.2, 0.25) is 5.82 Å². The Labute approximate surface area is 179 Å². The molecular formula is C24H21N3O4. The monoisotopic (exact) mass is 415 g/mol. The minimum absolute atomic E-state index is 0.0395. The van der Waals surface area contributed by atoms with Gasteiger partial charge in [0.1, 0.15) is 11.5 Å². The molecule has 0 aliphatic carbocycles. The zero-order valence-electron chi connectivity index (χ0n) is 17.2. The highest BCUT2D eigenvalue weighted by Crippen LogP contribution is 2.23. The average Bonchev–Trinajstić information content (AvgIpc) is 3.28. The van der Waals surface area contributed by atoms with Gasteiger partial charge in [-0.1, -0.05) is 35.5 Å². The zero-order chi connectivity index (χ0) is 21.6. The highest BCUT2D eigenvalue weighted by Gasteiger charge is 2.15. The first-order chi connectivity index (χ1) is 15.1. The lowest BCUT2D eigenvalue weighted by Gasteiger charge is -2.11. The van der Waals surface area contributed by atoms with Crippen molar-refractivity contribution in [1.82, 2.24) is 10.1 Å². The Balaban J connectivity index is 1.45. The molecule has 0 fully saturated rings. The second-order valence-electron chi connectivity index (χ2n) is 6.79. The number of nitrogens with zero attached hydrogens (tertiary/aromatic N) is 2. The van der Waals surface area contributed by atoms with Crippen LogP contribution in [0.3, 0.4) is 0 Å². The maximum atomic E-state index is 12.8. The molecule has 0 saturated carbocycles. The third-order valence-corrected chi connectivity index (χ3v) is 4.69. The van der Waals surface area contributed by atoms with E-state index >= 15 is 0 Å². The molecule has 7 heteroatoms. The molecule has 3 aromatic carbocycles. The molecule has 1 heterocycles. The number of ether oxygens (including phenoxy) is 2. The van der Waals surface area contributed by atoms with Gasteiger partial charge in [-0.05, 0) is 55.0 Å². The highest BCUT2D eigenvalue weighted by atomic mass is 16.5. The molecule has 1 N–H and O–H groups in total. The molecule has 4 rings (SSSR count). The second-order valence-corrected chi connectivity index (χ2v) is 6.79. The SMILES string of the molecule is COc1ccc(-c2noc(COc3ccccc3C(=O)Nc3ccccc3C)n2)cc1. The highest BCUT2D eigenvalue weighted by molar-refractivity contribution is 6.06. The summed E-state index contributed by atoms with van der Waals surface area (Å²) in [6.07, 6.45) is 0. The van der Waals surface area contributed by atoms with Crippen molar-refractivity contribution in [1.29, 1.82) is 0 Å². The summed E-state index contributed by atoms with van der Waals surface area (Å²) in [5, 5.41) is 6.91. The molecule has 4 aromatic rings. The average molecular weight is 415 g/mol. The summed E-state index contributed by atoms with van der Waals surface area (Å²) in [5.41, 5.74) is 2.95. The quantitative estimate of drug-likeness (QED) is 0.463. The van der Waals surface area contributed by atoms with Crippen molar-refractivity contribution in [3.63, 3.8) is 0 Å². The first-order valence-electron chi connectivity index (χ1n) is 9.70. The van der Waals surface area contributed by atoms with Crippen LogP contribution in [0.15, 0.2) is 77.3 Å². The molecule has 0 bridgehead atoms. The van der Waals surface area contributed by atoms with Crippen LogP contribution < -0.4 is 14.8 Å². The Morgan fingerprint density at radius 3 is 2.52 bits per heavy atom. The predicted octanol–water partition coefficient (Wildman–Crippen LogP) is 4.88. The Hall–Kier alpha value is -4.13. The Morgan fingerprint density at radius 2 is 1.74 bits per heavy atom. The van der Waals surface area contributed by atoms with E-state index in [2.05, 4.69) is 15.5 Å². The number of amides is 1. The van der Waals surface area contributed by atoms with Gasteiger partial charge < -0.3 is 19.3 Å². The fourth-order valence-corrected chi connectivity index (χ4v) is 2.99. The Kier molecular flexibility index (Phi) is 5.93. The van der Waals surface area contributed by atoms with Crippen LogP contribution >= 0.6 is 0 Å². The normalized spacial score (nSPS) is 10.5. The second kappa shape index (κ2) is 9.13. The summed E-state index contributed by atoms with van der Waals surface area (Å²) in [7, 11) is 1.61. The van der Waals surface area contributed by atoms with Crippen molar-refractivity contribution in [2.75, 3.05) is 12.4 Å². The van der Waals surface area contributed by atoms with Gasteiger partial charge in [0.15, 0.2) is 6.61 Å². The van der Waals surface area contributed by atoms with Crippen LogP contribution in [-0.4, -0.2) is 23.2 Å². The largest absolute Gasteiger partial charge is 0.497 e. The number of hydrogen-bond acceptors (Lipinski definition) is 6. The molecule has 0 atom stereocenters. The number of nitrogens with one attached hydrogen (secondary N) is 1. The topological polar surface area (TPSA) is 86.5 Å². The molecule has 0 aliphatic heterocycles. The summed E-state index contributed by atoms with van der Waals surface area (Å²) >= 11 is 0. The van der Waals surface area contributed by atoms with Gasteiger partial charge in [-0.25, -0.2) is 0 Å². The number of anilines is 1. The van der Waals surface area contributed by atoms with E-state index in [1.807, 2.05) is 55.5 Å². The number of carbonyl (C=O) groups is 1. The summed E-state index contributed by atoms with van der Waals surface area (Å²) in [6.45, 7) is 1.98. The number of methoxy groups -OCH3 is 1. The number of aryl methyl sites for hydroxylation is 1. The lowest BCUT2D eigenvalue weighted by atomic mass is 10.1. The van der Waals surface area contributed by atoms with Gasteiger partial charge >= 0.3 is 0 Å². The van der Waals surface area contributed by atoms with E-state index in [0.717, 1.165) is 22.6 Å². The molecule has 1 aromatic heterocycles. The van der Waals surface area contributed by atoms with Gasteiger partial charge in [-0.3, -0.25) is 4.79 Å². The summed E-state index contributed by atoms with van der Waals surface area (Å²) in [4.78, 5) is 17.1. The first kappa shape index (κ1) is 20.2. The minimum atomic E-state index is -0.255. The van der Waals surface area contributed by atoms with Gasteiger partial charge in [-0.15, -0.1) is 0 Å².